The van der Waals surface area contributed by atoms with Crippen molar-refractivity contribution in [1.29, 1.82) is 0 Å². The highest BCUT2D eigenvalue weighted by Gasteiger charge is 2.34. The zero-order valence-corrected chi connectivity index (χ0v) is 14.1. The molecule has 0 heterocycles. The van der Waals surface area contributed by atoms with Crippen LogP contribution in [0.3, 0.4) is 0 Å². The Morgan fingerprint density at radius 2 is 1.65 bits per heavy atom. The highest BCUT2D eigenvalue weighted by atomic mass is 35.5. The van der Waals surface area contributed by atoms with E-state index < -0.39 is 30.1 Å². The number of benzene rings is 2. The van der Waals surface area contributed by atoms with Crippen molar-refractivity contribution in [2.24, 2.45) is 0 Å². The number of alkyl halides is 3. The molecule has 0 radical (unpaired) electrons. The minimum atomic E-state index is -4.64. The summed E-state index contributed by atoms with van der Waals surface area (Å²) in [5.74, 6) is -0.825. The average Bonchev–Trinajstić information content (AvgIpc) is 2.55. The standard InChI is InChI=1S/C17H14ClF3N2O3/c18-14-7-3-1-5-12(14)9-16(24)22(11-17(19,20)21)10-13-6-2-4-8-15(13)23(25)26/h1-8H,9-11H2. The molecule has 0 atom stereocenters. The minimum absolute atomic E-state index is 0.0225. The SMILES string of the molecule is O=C(Cc1ccccc1Cl)N(Cc1ccccc1[N+](=O)[O-])CC(F)(F)F. The highest BCUT2D eigenvalue weighted by Crippen LogP contribution is 2.24. The van der Waals surface area contributed by atoms with Gasteiger partial charge in [-0.25, -0.2) is 0 Å². The normalized spacial score (nSPS) is 11.2. The number of carbonyl (C=O) groups is 1. The first-order valence-electron chi connectivity index (χ1n) is 7.47. The van der Waals surface area contributed by atoms with Crippen LogP contribution in [0.15, 0.2) is 48.5 Å². The molecule has 138 valence electrons. The molecule has 0 aliphatic carbocycles. The van der Waals surface area contributed by atoms with Crippen LogP contribution in [0.4, 0.5) is 18.9 Å². The van der Waals surface area contributed by atoms with Gasteiger partial charge in [-0.05, 0) is 11.6 Å². The van der Waals surface area contributed by atoms with E-state index in [0.717, 1.165) is 0 Å². The molecule has 0 aliphatic rings. The lowest BCUT2D eigenvalue weighted by Gasteiger charge is -2.24. The number of hydrogen-bond donors (Lipinski definition) is 0. The first-order valence-corrected chi connectivity index (χ1v) is 7.85. The van der Waals surface area contributed by atoms with Crippen LogP contribution in [0.2, 0.25) is 5.02 Å². The van der Waals surface area contributed by atoms with Gasteiger partial charge in [0.15, 0.2) is 0 Å². The molecule has 2 aromatic rings. The van der Waals surface area contributed by atoms with Crippen molar-refractivity contribution in [3.05, 3.63) is 74.8 Å². The second-order valence-electron chi connectivity index (χ2n) is 5.52. The Morgan fingerprint density at radius 3 is 2.23 bits per heavy atom. The predicted octanol–water partition coefficient (Wildman–Crippen LogP) is 4.38. The molecular weight excluding hydrogens is 373 g/mol. The first-order chi connectivity index (χ1) is 12.2. The molecule has 2 aromatic carbocycles. The maximum atomic E-state index is 12.9. The Balaban J connectivity index is 2.28. The van der Waals surface area contributed by atoms with Gasteiger partial charge in [-0.2, -0.15) is 13.2 Å². The van der Waals surface area contributed by atoms with Crippen LogP contribution in [0.1, 0.15) is 11.1 Å². The molecular formula is C17H14ClF3N2O3. The van der Waals surface area contributed by atoms with Crippen molar-refractivity contribution in [1.82, 2.24) is 4.90 Å². The molecule has 0 N–H and O–H groups in total. The quantitative estimate of drug-likeness (QED) is 0.546. The summed E-state index contributed by atoms with van der Waals surface area (Å²) in [4.78, 5) is 23.3. The summed E-state index contributed by atoms with van der Waals surface area (Å²) in [6, 6.07) is 11.7. The summed E-state index contributed by atoms with van der Waals surface area (Å²) in [7, 11) is 0. The monoisotopic (exact) mass is 386 g/mol. The molecule has 0 bridgehead atoms. The van der Waals surface area contributed by atoms with Crippen LogP contribution in [-0.2, 0) is 17.8 Å². The van der Waals surface area contributed by atoms with Crippen molar-refractivity contribution in [2.45, 2.75) is 19.1 Å². The van der Waals surface area contributed by atoms with Gasteiger partial charge in [-0.15, -0.1) is 0 Å². The van der Waals surface area contributed by atoms with Crippen LogP contribution in [0, 0.1) is 10.1 Å². The van der Waals surface area contributed by atoms with E-state index in [1.54, 1.807) is 12.1 Å². The topological polar surface area (TPSA) is 63.5 Å². The van der Waals surface area contributed by atoms with Gasteiger partial charge in [-0.3, -0.25) is 14.9 Å². The molecule has 0 saturated heterocycles. The smallest absolute Gasteiger partial charge is 0.329 e. The van der Waals surface area contributed by atoms with E-state index in [9.17, 15) is 28.1 Å². The van der Waals surface area contributed by atoms with Gasteiger partial charge >= 0.3 is 6.18 Å². The molecule has 2 rings (SSSR count). The molecule has 0 unspecified atom stereocenters. The Kier molecular flexibility index (Phi) is 6.20. The number of amides is 1. The van der Waals surface area contributed by atoms with E-state index in [0.29, 0.717) is 10.5 Å². The summed E-state index contributed by atoms with van der Waals surface area (Å²) in [6.07, 6.45) is -4.98. The zero-order chi connectivity index (χ0) is 19.3. The van der Waals surface area contributed by atoms with Gasteiger partial charge < -0.3 is 4.90 Å². The number of nitro groups is 1. The summed E-state index contributed by atoms with van der Waals surface area (Å²) in [5, 5.41) is 11.3. The minimum Gasteiger partial charge on any atom is -0.329 e. The van der Waals surface area contributed by atoms with Crippen molar-refractivity contribution in [2.75, 3.05) is 6.54 Å². The van der Waals surface area contributed by atoms with Gasteiger partial charge in [0.25, 0.3) is 5.69 Å². The third-order valence-electron chi connectivity index (χ3n) is 3.57. The second-order valence-corrected chi connectivity index (χ2v) is 5.93. The largest absolute Gasteiger partial charge is 0.406 e. The lowest BCUT2D eigenvalue weighted by molar-refractivity contribution is -0.385. The number of nitrogens with zero attached hydrogens (tertiary/aromatic N) is 2. The van der Waals surface area contributed by atoms with E-state index in [1.165, 1.54) is 36.4 Å². The van der Waals surface area contributed by atoms with E-state index in [4.69, 9.17) is 11.6 Å². The molecule has 5 nitrogen and oxygen atoms in total. The van der Waals surface area contributed by atoms with Gasteiger partial charge in [0.2, 0.25) is 5.91 Å². The Morgan fingerprint density at radius 1 is 1.08 bits per heavy atom. The third kappa shape index (κ3) is 5.45. The number of nitro benzene ring substituents is 1. The van der Waals surface area contributed by atoms with E-state index in [-0.39, 0.29) is 22.7 Å². The molecule has 0 fully saturated rings. The molecule has 0 aromatic heterocycles. The van der Waals surface area contributed by atoms with E-state index >= 15 is 0 Å². The van der Waals surface area contributed by atoms with Crippen LogP contribution in [0.5, 0.6) is 0 Å². The fraction of sp³-hybridized carbons (Fsp3) is 0.235. The van der Waals surface area contributed by atoms with E-state index in [1.807, 2.05) is 0 Å². The van der Waals surface area contributed by atoms with Crippen molar-refractivity contribution in [3.8, 4) is 0 Å². The number of rotatable bonds is 6. The number of halogens is 4. The summed E-state index contributed by atoms with van der Waals surface area (Å²) in [5.41, 5.74) is 0.0633. The van der Waals surface area contributed by atoms with Crippen molar-refractivity contribution < 1.29 is 22.9 Å². The molecule has 0 aliphatic heterocycles. The number of carbonyl (C=O) groups excluding carboxylic acids is 1. The average molecular weight is 387 g/mol. The third-order valence-corrected chi connectivity index (χ3v) is 3.94. The predicted molar refractivity (Wildman–Crippen MR) is 89.7 cm³/mol. The van der Waals surface area contributed by atoms with Crippen molar-refractivity contribution in [3.63, 3.8) is 0 Å². The van der Waals surface area contributed by atoms with Crippen LogP contribution < -0.4 is 0 Å². The van der Waals surface area contributed by atoms with Gasteiger partial charge in [0.1, 0.15) is 6.54 Å². The second kappa shape index (κ2) is 8.18. The molecule has 0 spiro atoms. The Labute approximate surface area is 152 Å². The fourth-order valence-corrected chi connectivity index (χ4v) is 2.60. The van der Waals surface area contributed by atoms with Crippen molar-refractivity contribution >= 4 is 23.2 Å². The van der Waals surface area contributed by atoms with Crippen LogP contribution in [-0.4, -0.2) is 28.5 Å². The van der Waals surface area contributed by atoms with Gasteiger partial charge in [0.05, 0.1) is 17.9 Å². The lowest BCUT2D eigenvalue weighted by atomic mass is 10.1. The Hall–Kier alpha value is -2.61. The van der Waals surface area contributed by atoms with Gasteiger partial charge in [0, 0.05) is 16.7 Å². The first kappa shape index (κ1) is 19.7. The number of para-hydroxylation sites is 1. The lowest BCUT2D eigenvalue weighted by Crippen LogP contribution is -2.39. The fourth-order valence-electron chi connectivity index (χ4n) is 2.39. The molecule has 0 saturated carbocycles. The summed E-state index contributed by atoms with van der Waals surface area (Å²) >= 11 is 5.95. The highest BCUT2D eigenvalue weighted by molar-refractivity contribution is 6.31. The molecule has 1 amide bonds. The summed E-state index contributed by atoms with van der Waals surface area (Å²) < 4.78 is 38.7. The maximum absolute atomic E-state index is 12.9. The Bertz CT molecular complexity index is 812. The van der Waals surface area contributed by atoms with Crippen LogP contribution in [0.25, 0.3) is 0 Å². The molecule has 9 heteroatoms. The number of hydrogen-bond acceptors (Lipinski definition) is 3. The zero-order valence-electron chi connectivity index (χ0n) is 13.4. The molecule has 26 heavy (non-hydrogen) atoms. The van der Waals surface area contributed by atoms with Gasteiger partial charge in [-0.1, -0.05) is 48.0 Å². The van der Waals surface area contributed by atoms with E-state index in [2.05, 4.69) is 0 Å². The van der Waals surface area contributed by atoms with Crippen LogP contribution >= 0.6 is 11.6 Å². The maximum Gasteiger partial charge on any atom is 0.406 e. The summed E-state index contributed by atoms with van der Waals surface area (Å²) in [6.45, 7) is -2.04.